The lowest BCUT2D eigenvalue weighted by Gasteiger charge is -2.35. The monoisotopic (exact) mass is 623 g/mol. The second-order valence-corrected chi connectivity index (χ2v) is 11.6. The number of aromatic nitrogens is 2. The maximum atomic E-state index is 13.7. The number of hydrogen-bond acceptors (Lipinski definition) is 5. The van der Waals surface area contributed by atoms with Gasteiger partial charge in [0.25, 0.3) is 11.8 Å². The zero-order chi connectivity index (χ0) is 31.0. The molecule has 0 aliphatic rings. The summed E-state index contributed by atoms with van der Waals surface area (Å²) >= 11 is 12.8. The lowest BCUT2D eigenvalue weighted by atomic mass is 10.1. The van der Waals surface area contributed by atoms with Gasteiger partial charge in [-0.15, -0.1) is 0 Å². The molecule has 2 amide bonds. The summed E-state index contributed by atoms with van der Waals surface area (Å²) in [7, 11) is 1.90. The van der Waals surface area contributed by atoms with Crippen molar-refractivity contribution in [1.29, 1.82) is 0 Å². The Morgan fingerprint density at radius 1 is 0.682 bits per heavy atom. The fraction of sp³-hybridized carbons (Fsp3) is 0.200. The molecule has 2 unspecified atom stereocenters. The van der Waals surface area contributed by atoms with E-state index >= 15 is 0 Å². The Labute approximate surface area is 265 Å². The normalized spacial score (nSPS) is 13.0. The molecule has 0 fully saturated rings. The van der Waals surface area contributed by atoms with Crippen LogP contribution < -0.4 is 10.6 Å². The van der Waals surface area contributed by atoms with Gasteiger partial charge in [0.1, 0.15) is 0 Å². The van der Waals surface area contributed by atoms with Crippen molar-refractivity contribution >= 4 is 78.6 Å². The van der Waals surface area contributed by atoms with Gasteiger partial charge >= 0.3 is 0 Å². The Kier molecular flexibility index (Phi) is 8.36. The van der Waals surface area contributed by atoms with Gasteiger partial charge in [-0.05, 0) is 68.4 Å². The van der Waals surface area contributed by atoms with Crippen molar-refractivity contribution < 1.29 is 9.59 Å². The number of carbonyl (C=O) groups is 2. The van der Waals surface area contributed by atoms with Gasteiger partial charge in [-0.25, -0.2) is 9.97 Å². The third-order valence-electron chi connectivity index (χ3n) is 8.10. The summed E-state index contributed by atoms with van der Waals surface area (Å²) in [4.78, 5) is 38.9. The number of halogens is 2. The molecule has 2 heterocycles. The molecule has 7 nitrogen and oxygen atoms in total. The minimum absolute atomic E-state index is 0.242. The lowest BCUT2D eigenvalue weighted by molar-refractivity contribution is 0.0701. The van der Waals surface area contributed by atoms with E-state index in [1.165, 1.54) is 0 Å². The molecule has 4 aromatic carbocycles. The van der Waals surface area contributed by atoms with Crippen molar-refractivity contribution in [2.75, 3.05) is 7.05 Å². The predicted molar refractivity (Wildman–Crippen MR) is 179 cm³/mol. The van der Waals surface area contributed by atoms with Gasteiger partial charge in [-0.2, -0.15) is 0 Å². The molecule has 0 saturated carbocycles. The number of rotatable bonds is 8. The molecule has 0 spiro atoms. The molecule has 0 bridgehead atoms. The molecule has 0 saturated heterocycles. The van der Waals surface area contributed by atoms with Gasteiger partial charge < -0.3 is 10.6 Å². The van der Waals surface area contributed by atoms with E-state index in [1.54, 1.807) is 12.1 Å². The quantitative estimate of drug-likeness (QED) is 0.133. The number of hydrogen-bond donors (Lipinski definition) is 2. The number of para-hydroxylation sites is 2. The number of nitrogens with zero attached hydrogens (tertiary/aromatic N) is 3. The minimum atomic E-state index is -0.352. The second kappa shape index (κ2) is 12.4. The first kappa shape index (κ1) is 29.8. The fourth-order valence-corrected chi connectivity index (χ4v) is 6.16. The van der Waals surface area contributed by atoms with E-state index < -0.39 is 0 Å². The third-order valence-corrected chi connectivity index (χ3v) is 8.76. The van der Waals surface area contributed by atoms with Gasteiger partial charge in [-0.1, -0.05) is 73.4 Å². The van der Waals surface area contributed by atoms with Crippen LogP contribution in [0.1, 0.15) is 47.4 Å². The molecular formula is C35H31Cl2N5O2. The van der Waals surface area contributed by atoms with E-state index in [2.05, 4.69) is 10.6 Å². The molecular weight excluding hydrogens is 593 g/mol. The predicted octanol–water partition coefficient (Wildman–Crippen LogP) is 7.96. The smallest absolute Gasteiger partial charge is 0.254 e. The van der Waals surface area contributed by atoms with Crippen LogP contribution in [-0.4, -0.2) is 46.1 Å². The first-order valence-corrected chi connectivity index (χ1v) is 15.3. The standard InChI is InChI=1S/C35H31Cl2N5O2/c1-4-30(40-34(43)22-12-6-10-20-18-24-26(36)14-8-16-28(24)38-32(20)22)42(3)31(5-2)41-35(44)23-13-7-11-21-19-25-27(37)15-9-17-29(25)39-33(21)23/h6-19,30-31H,4-5H2,1-3H3,(H,40,43)(H,41,44). The average molecular weight is 625 g/mol. The maximum absolute atomic E-state index is 13.7. The number of benzene rings is 4. The van der Waals surface area contributed by atoms with Crippen LogP contribution in [-0.2, 0) is 0 Å². The average Bonchev–Trinajstić information content (AvgIpc) is 3.04. The van der Waals surface area contributed by atoms with Gasteiger partial charge in [-0.3, -0.25) is 14.5 Å². The van der Waals surface area contributed by atoms with Gasteiger partial charge in [0.15, 0.2) is 0 Å². The van der Waals surface area contributed by atoms with E-state index in [0.717, 1.165) is 32.6 Å². The van der Waals surface area contributed by atoms with Crippen molar-refractivity contribution in [1.82, 2.24) is 25.5 Å². The summed E-state index contributed by atoms with van der Waals surface area (Å²) in [5, 5.41) is 10.9. The van der Waals surface area contributed by atoms with E-state index in [1.807, 2.05) is 98.6 Å². The van der Waals surface area contributed by atoms with Crippen LogP contribution in [0.2, 0.25) is 10.0 Å². The first-order valence-electron chi connectivity index (χ1n) is 14.6. The first-order chi connectivity index (χ1) is 21.3. The van der Waals surface area contributed by atoms with E-state index in [0.29, 0.717) is 45.0 Å². The Morgan fingerprint density at radius 3 is 1.50 bits per heavy atom. The summed E-state index contributed by atoms with van der Waals surface area (Å²) in [6, 6.07) is 26.1. The summed E-state index contributed by atoms with van der Waals surface area (Å²) in [6.07, 6.45) is 0.534. The SMILES string of the molecule is CCC(NC(=O)c1cccc2cc3c(Cl)cccc3nc12)N(C)C(CC)NC(=O)c1cccc2cc3c(Cl)cccc3nc12. The molecule has 6 aromatic rings. The highest BCUT2D eigenvalue weighted by Crippen LogP contribution is 2.29. The highest BCUT2D eigenvalue weighted by Gasteiger charge is 2.26. The summed E-state index contributed by atoms with van der Waals surface area (Å²) in [5.74, 6) is -0.485. The summed E-state index contributed by atoms with van der Waals surface area (Å²) in [6.45, 7) is 4.00. The van der Waals surface area contributed by atoms with Crippen molar-refractivity contribution in [2.24, 2.45) is 0 Å². The zero-order valence-electron chi connectivity index (χ0n) is 24.6. The second-order valence-electron chi connectivity index (χ2n) is 10.8. The van der Waals surface area contributed by atoms with E-state index in [9.17, 15) is 9.59 Å². The van der Waals surface area contributed by atoms with Crippen LogP contribution in [0.3, 0.4) is 0 Å². The molecule has 6 rings (SSSR count). The zero-order valence-corrected chi connectivity index (χ0v) is 26.1. The molecule has 2 aromatic heterocycles. The number of fused-ring (bicyclic) bond motifs is 4. The van der Waals surface area contributed by atoms with Crippen LogP contribution in [0.15, 0.2) is 84.9 Å². The Balaban J connectivity index is 1.24. The van der Waals surface area contributed by atoms with Gasteiger partial charge in [0, 0.05) is 31.6 Å². The van der Waals surface area contributed by atoms with E-state index in [-0.39, 0.29) is 24.1 Å². The topological polar surface area (TPSA) is 87.2 Å². The molecule has 2 N–H and O–H groups in total. The van der Waals surface area contributed by atoms with Crippen LogP contribution >= 0.6 is 23.2 Å². The molecule has 9 heteroatoms. The highest BCUT2D eigenvalue weighted by atomic mass is 35.5. The highest BCUT2D eigenvalue weighted by molar-refractivity contribution is 6.36. The molecule has 0 radical (unpaired) electrons. The number of nitrogens with one attached hydrogen (secondary N) is 2. The number of carbonyl (C=O) groups excluding carboxylic acids is 2. The molecule has 222 valence electrons. The Hall–Kier alpha value is -4.30. The summed E-state index contributed by atoms with van der Waals surface area (Å²) in [5.41, 5.74) is 3.61. The van der Waals surface area contributed by atoms with Crippen LogP contribution in [0.25, 0.3) is 43.6 Å². The van der Waals surface area contributed by atoms with Crippen LogP contribution in [0.5, 0.6) is 0 Å². The van der Waals surface area contributed by atoms with Crippen molar-refractivity contribution in [3.8, 4) is 0 Å². The fourth-order valence-electron chi connectivity index (χ4n) is 5.71. The Morgan fingerprint density at radius 2 is 1.09 bits per heavy atom. The number of amides is 2. The van der Waals surface area contributed by atoms with Crippen molar-refractivity contribution in [2.45, 2.75) is 39.0 Å². The van der Waals surface area contributed by atoms with Gasteiger partial charge in [0.05, 0.1) is 45.5 Å². The third kappa shape index (κ3) is 5.54. The maximum Gasteiger partial charge on any atom is 0.254 e. The number of pyridine rings is 2. The minimum Gasteiger partial charge on any atom is -0.336 e. The molecule has 2 atom stereocenters. The summed E-state index contributed by atoms with van der Waals surface area (Å²) < 4.78 is 0. The van der Waals surface area contributed by atoms with E-state index in [4.69, 9.17) is 33.2 Å². The van der Waals surface area contributed by atoms with Gasteiger partial charge in [0.2, 0.25) is 0 Å². The van der Waals surface area contributed by atoms with Crippen molar-refractivity contribution in [3.05, 3.63) is 106 Å². The van der Waals surface area contributed by atoms with Crippen molar-refractivity contribution in [3.63, 3.8) is 0 Å². The Bertz CT molecular complexity index is 1920. The molecule has 0 aliphatic carbocycles. The van der Waals surface area contributed by atoms with Crippen LogP contribution in [0, 0.1) is 0 Å². The lowest BCUT2D eigenvalue weighted by Crippen LogP contribution is -2.55. The molecule has 0 aliphatic heterocycles. The van der Waals surface area contributed by atoms with Crippen LogP contribution in [0.4, 0.5) is 0 Å². The molecule has 44 heavy (non-hydrogen) atoms. The largest absolute Gasteiger partial charge is 0.336 e.